The lowest BCUT2D eigenvalue weighted by atomic mass is 9.95. The minimum Gasteiger partial charge on any atom is -0.314 e. The fourth-order valence-corrected chi connectivity index (χ4v) is 4.27. The molecule has 3 unspecified atom stereocenters. The maximum absolute atomic E-state index is 3.71. The highest BCUT2D eigenvalue weighted by Gasteiger charge is 2.31. The van der Waals surface area contributed by atoms with Crippen LogP contribution in [0, 0.1) is 0 Å². The van der Waals surface area contributed by atoms with Gasteiger partial charge in [-0.25, -0.2) is 0 Å². The summed E-state index contributed by atoms with van der Waals surface area (Å²) in [6, 6.07) is 2.41. The molecule has 0 radical (unpaired) electrons. The van der Waals surface area contributed by atoms with Crippen molar-refractivity contribution in [1.29, 1.82) is 0 Å². The van der Waals surface area contributed by atoms with Crippen LogP contribution in [-0.4, -0.2) is 60.6 Å². The first-order valence-electron chi connectivity index (χ1n) is 8.54. The molecule has 3 aliphatic rings. The second-order valence-electron chi connectivity index (χ2n) is 6.91. The molecule has 3 aliphatic heterocycles. The smallest absolute Gasteiger partial charge is 0.0223 e. The fourth-order valence-electron chi connectivity index (χ4n) is 4.27. The predicted molar refractivity (Wildman–Crippen MR) is 80.5 cm³/mol. The summed E-state index contributed by atoms with van der Waals surface area (Å²) >= 11 is 0. The number of fused-ring (bicyclic) bond motifs is 1. The molecule has 0 aliphatic carbocycles. The van der Waals surface area contributed by atoms with Gasteiger partial charge in [0.1, 0.15) is 0 Å². The quantitative estimate of drug-likeness (QED) is 0.843. The van der Waals surface area contributed by atoms with Gasteiger partial charge in [0, 0.05) is 37.8 Å². The minimum absolute atomic E-state index is 0.764. The average molecular weight is 265 g/mol. The first-order chi connectivity index (χ1) is 9.33. The van der Waals surface area contributed by atoms with Crippen LogP contribution >= 0.6 is 0 Å². The van der Waals surface area contributed by atoms with Crippen molar-refractivity contribution < 1.29 is 0 Å². The monoisotopic (exact) mass is 265 g/mol. The number of nitrogens with one attached hydrogen (secondary N) is 1. The van der Waals surface area contributed by atoms with Crippen LogP contribution in [0.4, 0.5) is 0 Å². The molecule has 0 spiro atoms. The third-order valence-corrected chi connectivity index (χ3v) is 5.53. The molecule has 3 heterocycles. The molecule has 110 valence electrons. The van der Waals surface area contributed by atoms with Crippen molar-refractivity contribution in [3.63, 3.8) is 0 Å². The molecule has 0 aromatic rings. The van der Waals surface area contributed by atoms with E-state index < -0.39 is 0 Å². The van der Waals surface area contributed by atoms with Crippen LogP contribution in [0.15, 0.2) is 0 Å². The topological polar surface area (TPSA) is 18.5 Å². The van der Waals surface area contributed by atoms with Crippen LogP contribution in [-0.2, 0) is 0 Å². The second-order valence-corrected chi connectivity index (χ2v) is 6.91. The van der Waals surface area contributed by atoms with Gasteiger partial charge in [-0.2, -0.15) is 0 Å². The van der Waals surface area contributed by atoms with E-state index in [9.17, 15) is 0 Å². The van der Waals surface area contributed by atoms with Gasteiger partial charge >= 0.3 is 0 Å². The predicted octanol–water partition coefficient (Wildman–Crippen LogP) is 2.08. The summed E-state index contributed by atoms with van der Waals surface area (Å²) in [4.78, 5) is 5.51. The van der Waals surface area contributed by atoms with Crippen LogP contribution < -0.4 is 5.32 Å². The van der Waals surface area contributed by atoms with E-state index in [0.29, 0.717) is 0 Å². The summed E-state index contributed by atoms with van der Waals surface area (Å²) in [7, 11) is 0. The SMILES string of the molecule is CC(CC1CCCCN1)N1CCN2CCCCC2C1. The lowest BCUT2D eigenvalue weighted by Gasteiger charge is -2.46. The first-order valence-corrected chi connectivity index (χ1v) is 8.54. The average Bonchev–Trinajstić information content (AvgIpc) is 2.48. The van der Waals surface area contributed by atoms with E-state index in [1.54, 1.807) is 0 Å². The van der Waals surface area contributed by atoms with Crippen LogP contribution in [0.1, 0.15) is 51.9 Å². The molecule has 3 atom stereocenters. The van der Waals surface area contributed by atoms with Gasteiger partial charge in [0.05, 0.1) is 0 Å². The molecule has 3 saturated heterocycles. The number of nitrogens with zero attached hydrogens (tertiary/aromatic N) is 2. The molecule has 3 rings (SSSR count). The van der Waals surface area contributed by atoms with Crippen molar-refractivity contribution in [1.82, 2.24) is 15.1 Å². The summed E-state index contributed by atoms with van der Waals surface area (Å²) < 4.78 is 0. The largest absolute Gasteiger partial charge is 0.314 e. The summed E-state index contributed by atoms with van der Waals surface area (Å²) in [6.07, 6.45) is 9.88. The Hall–Kier alpha value is -0.120. The maximum atomic E-state index is 3.71. The van der Waals surface area contributed by atoms with Gasteiger partial charge in [0.2, 0.25) is 0 Å². The van der Waals surface area contributed by atoms with Crippen LogP contribution in [0.25, 0.3) is 0 Å². The zero-order valence-electron chi connectivity index (χ0n) is 12.6. The van der Waals surface area contributed by atoms with E-state index >= 15 is 0 Å². The van der Waals surface area contributed by atoms with E-state index in [1.165, 1.54) is 77.7 Å². The molecular formula is C16H31N3. The normalized spacial score (nSPS) is 35.8. The number of rotatable bonds is 3. The van der Waals surface area contributed by atoms with Gasteiger partial charge in [-0.15, -0.1) is 0 Å². The number of piperidine rings is 2. The number of hydrogen-bond acceptors (Lipinski definition) is 3. The summed E-state index contributed by atoms with van der Waals surface area (Å²) in [5.41, 5.74) is 0. The third-order valence-electron chi connectivity index (χ3n) is 5.53. The molecule has 3 fully saturated rings. The van der Waals surface area contributed by atoms with E-state index in [2.05, 4.69) is 22.0 Å². The Kier molecular flexibility index (Phi) is 4.78. The lowest BCUT2D eigenvalue weighted by Crippen LogP contribution is -2.57. The summed E-state index contributed by atoms with van der Waals surface area (Å²) in [5.74, 6) is 0. The van der Waals surface area contributed by atoms with Gasteiger partial charge in [-0.1, -0.05) is 12.8 Å². The van der Waals surface area contributed by atoms with Gasteiger partial charge in [-0.05, 0) is 52.1 Å². The van der Waals surface area contributed by atoms with Crippen molar-refractivity contribution in [3.8, 4) is 0 Å². The highest BCUT2D eigenvalue weighted by molar-refractivity contribution is 4.88. The Morgan fingerprint density at radius 2 is 1.95 bits per heavy atom. The van der Waals surface area contributed by atoms with E-state index in [4.69, 9.17) is 0 Å². The van der Waals surface area contributed by atoms with Crippen molar-refractivity contribution in [3.05, 3.63) is 0 Å². The molecule has 0 aromatic heterocycles. The van der Waals surface area contributed by atoms with Crippen molar-refractivity contribution in [2.24, 2.45) is 0 Å². The first kappa shape index (κ1) is 13.8. The second kappa shape index (κ2) is 6.55. The highest BCUT2D eigenvalue weighted by atomic mass is 15.3. The van der Waals surface area contributed by atoms with Gasteiger partial charge in [0.25, 0.3) is 0 Å². The highest BCUT2D eigenvalue weighted by Crippen LogP contribution is 2.24. The Bertz CT molecular complexity index is 275. The molecule has 1 N–H and O–H groups in total. The van der Waals surface area contributed by atoms with Crippen molar-refractivity contribution >= 4 is 0 Å². The molecule has 0 aromatic carbocycles. The standard InChI is InChI=1S/C16H31N3/c1-14(12-15-6-2-4-8-17-15)19-11-10-18-9-5-3-7-16(18)13-19/h14-17H,2-13H2,1H3. The van der Waals surface area contributed by atoms with Crippen LogP contribution in [0.3, 0.4) is 0 Å². The fraction of sp³-hybridized carbons (Fsp3) is 1.00. The minimum atomic E-state index is 0.764. The van der Waals surface area contributed by atoms with Gasteiger partial charge in [0.15, 0.2) is 0 Å². The van der Waals surface area contributed by atoms with E-state index in [1.807, 2.05) is 0 Å². The zero-order valence-corrected chi connectivity index (χ0v) is 12.6. The summed E-state index contributed by atoms with van der Waals surface area (Å²) in [5, 5.41) is 3.71. The Morgan fingerprint density at radius 3 is 2.79 bits per heavy atom. The summed E-state index contributed by atoms with van der Waals surface area (Å²) in [6.45, 7) is 8.99. The van der Waals surface area contributed by atoms with Gasteiger partial charge < -0.3 is 5.32 Å². The van der Waals surface area contributed by atoms with Gasteiger partial charge in [-0.3, -0.25) is 9.80 Å². The zero-order chi connectivity index (χ0) is 13.1. The molecule has 0 saturated carbocycles. The maximum Gasteiger partial charge on any atom is 0.0223 e. The molecule has 3 nitrogen and oxygen atoms in total. The Morgan fingerprint density at radius 1 is 1.05 bits per heavy atom. The van der Waals surface area contributed by atoms with E-state index in [0.717, 1.165) is 18.1 Å². The third kappa shape index (κ3) is 3.50. The van der Waals surface area contributed by atoms with Crippen LogP contribution in [0.2, 0.25) is 0 Å². The Labute approximate surface area is 118 Å². The van der Waals surface area contributed by atoms with Crippen LogP contribution in [0.5, 0.6) is 0 Å². The molecular weight excluding hydrogens is 234 g/mol. The molecule has 0 bridgehead atoms. The van der Waals surface area contributed by atoms with Crippen molar-refractivity contribution in [2.75, 3.05) is 32.7 Å². The molecule has 3 heteroatoms. The molecule has 0 amide bonds. The number of piperazine rings is 1. The Balaban J connectivity index is 1.48. The lowest BCUT2D eigenvalue weighted by molar-refractivity contribution is 0.0265. The number of hydrogen-bond donors (Lipinski definition) is 1. The van der Waals surface area contributed by atoms with Crippen molar-refractivity contribution in [2.45, 2.75) is 70.0 Å². The van der Waals surface area contributed by atoms with E-state index in [-0.39, 0.29) is 0 Å². The molecule has 19 heavy (non-hydrogen) atoms.